The van der Waals surface area contributed by atoms with E-state index in [0.29, 0.717) is 5.69 Å². The van der Waals surface area contributed by atoms with Crippen molar-refractivity contribution in [2.75, 3.05) is 11.9 Å². The molecule has 2 aromatic rings. The number of nitrogens with one attached hydrogen (secondary N) is 1. The Morgan fingerprint density at radius 2 is 1.76 bits per heavy atom. The van der Waals surface area contributed by atoms with Gasteiger partial charge in [0.1, 0.15) is 6.04 Å². The second kappa shape index (κ2) is 7.25. The summed E-state index contributed by atoms with van der Waals surface area (Å²) in [5, 5.41) is 11.5. The average molecular weight is 280 g/mol. The van der Waals surface area contributed by atoms with Crippen LogP contribution in [0.3, 0.4) is 0 Å². The lowest BCUT2D eigenvalue weighted by Gasteiger charge is -2.09. The summed E-state index contributed by atoms with van der Waals surface area (Å²) in [5.41, 5.74) is 7.76. The summed E-state index contributed by atoms with van der Waals surface area (Å²) in [6.45, 7) is -0.390. The van der Waals surface area contributed by atoms with Crippen molar-refractivity contribution in [1.29, 1.82) is 0 Å². The third kappa shape index (κ3) is 4.46. The minimum Gasteiger partial charge on any atom is -0.394 e. The highest BCUT2D eigenvalue weighted by Gasteiger charge is 2.11. The number of carbonyl (C=O) groups is 1. The molecule has 21 heavy (non-hydrogen) atoms. The summed E-state index contributed by atoms with van der Waals surface area (Å²) in [4.78, 5) is 11.6. The molecule has 1 atom stereocenters. The standard InChI is InChI=1S/C17H16N2O2/c18-16(12-20)17(21)19-15-8-4-7-14(11-15)10-9-13-5-2-1-3-6-13/h1-8,11,16,20H,12,18H2,(H,19,21)/t16-/m1/s1. The molecule has 2 rings (SSSR count). The van der Waals surface area contributed by atoms with Crippen LogP contribution in [0.4, 0.5) is 5.69 Å². The Bertz CT molecular complexity index is 672. The van der Waals surface area contributed by atoms with Gasteiger partial charge in [0, 0.05) is 16.8 Å². The number of hydrogen-bond acceptors (Lipinski definition) is 3. The van der Waals surface area contributed by atoms with Gasteiger partial charge in [-0.2, -0.15) is 0 Å². The van der Waals surface area contributed by atoms with Crippen molar-refractivity contribution < 1.29 is 9.90 Å². The zero-order valence-corrected chi connectivity index (χ0v) is 11.4. The Hall–Kier alpha value is -2.61. The van der Waals surface area contributed by atoms with Crippen LogP contribution in [0.15, 0.2) is 54.6 Å². The lowest BCUT2D eigenvalue weighted by atomic mass is 10.1. The molecule has 4 nitrogen and oxygen atoms in total. The number of amides is 1. The molecule has 2 aromatic carbocycles. The van der Waals surface area contributed by atoms with Crippen molar-refractivity contribution in [3.8, 4) is 11.8 Å². The molecule has 106 valence electrons. The second-order valence-corrected chi connectivity index (χ2v) is 4.48. The largest absolute Gasteiger partial charge is 0.394 e. The SMILES string of the molecule is N[C@H](CO)C(=O)Nc1cccc(C#Cc2ccccc2)c1. The number of nitrogens with two attached hydrogens (primary N) is 1. The minimum atomic E-state index is -0.927. The Balaban J connectivity index is 2.12. The maximum Gasteiger partial charge on any atom is 0.243 e. The monoisotopic (exact) mass is 280 g/mol. The van der Waals surface area contributed by atoms with Gasteiger partial charge in [-0.3, -0.25) is 4.79 Å². The third-order valence-electron chi connectivity index (χ3n) is 2.79. The molecule has 1 amide bonds. The van der Waals surface area contributed by atoms with E-state index < -0.39 is 11.9 Å². The minimum absolute atomic E-state index is 0.390. The highest BCUT2D eigenvalue weighted by atomic mass is 16.3. The molecule has 0 bridgehead atoms. The lowest BCUT2D eigenvalue weighted by Crippen LogP contribution is -2.38. The molecule has 0 saturated heterocycles. The zero-order chi connectivity index (χ0) is 15.1. The van der Waals surface area contributed by atoms with E-state index in [4.69, 9.17) is 10.8 Å². The smallest absolute Gasteiger partial charge is 0.243 e. The van der Waals surface area contributed by atoms with Gasteiger partial charge in [0.25, 0.3) is 0 Å². The summed E-state index contributed by atoms with van der Waals surface area (Å²) in [6, 6.07) is 15.9. The van der Waals surface area contributed by atoms with E-state index in [1.807, 2.05) is 36.4 Å². The first-order valence-corrected chi connectivity index (χ1v) is 6.53. The Labute approximate surface area is 123 Å². The van der Waals surface area contributed by atoms with Crippen LogP contribution < -0.4 is 11.1 Å². The molecule has 0 fully saturated rings. The van der Waals surface area contributed by atoms with Crippen LogP contribution >= 0.6 is 0 Å². The van der Waals surface area contributed by atoms with Crippen LogP contribution in [0, 0.1) is 11.8 Å². The van der Waals surface area contributed by atoms with Crippen molar-refractivity contribution in [2.24, 2.45) is 5.73 Å². The summed E-state index contributed by atoms with van der Waals surface area (Å²) in [5.74, 6) is 5.66. The maximum atomic E-state index is 11.6. The molecule has 0 aromatic heterocycles. The number of aliphatic hydroxyl groups excluding tert-OH is 1. The molecule has 0 aliphatic rings. The predicted octanol–water partition coefficient (Wildman–Crippen LogP) is 1.34. The first-order chi connectivity index (χ1) is 10.2. The van der Waals surface area contributed by atoms with E-state index in [-0.39, 0.29) is 6.61 Å². The van der Waals surface area contributed by atoms with Gasteiger partial charge in [-0.25, -0.2) is 0 Å². The molecule has 4 heteroatoms. The number of hydrogen-bond donors (Lipinski definition) is 3. The number of aliphatic hydroxyl groups is 1. The molecule has 0 saturated carbocycles. The van der Waals surface area contributed by atoms with Crippen LogP contribution in [0.1, 0.15) is 11.1 Å². The van der Waals surface area contributed by atoms with E-state index in [1.165, 1.54) is 0 Å². The Kier molecular flexibility index (Phi) is 5.10. The second-order valence-electron chi connectivity index (χ2n) is 4.48. The number of benzene rings is 2. The first-order valence-electron chi connectivity index (χ1n) is 6.53. The summed E-state index contributed by atoms with van der Waals surface area (Å²) >= 11 is 0. The van der Waals surface area contributed by atoms with Gasteiger partial charge in [-0.1, -0.05) is 36.1 Å². The van der Waals surface area contributed by atoms with E-state index >= 15 is 0 Å². The summed E-state index contributed by atoms with van der Waals surface area (Å²) < 4.78 is 0. The summed E-state index contributed by atoms with van der Waals surface area (Å²) in [6.07, 6.45) is 0. The van der Waals surface area contributed by atoms with E-state index in [0.717, 1.165) is 11.1 Å². The molecule has 0 aliphatic heterocycles. The molecular weight excluding hydrogens is 264 g/mol. The first kappa shape index (κ1) is 14.8. The van der Waals surface area contributed by atoms with Crippen molar-refractivity contribution in [3.63, 3.8) is 0 Å². The highest BCUT2D eigenvalue weighted by molar-refractivity contribution is 5.94. The highest BCUT2D eigenvalue weighted by Crippen LogP contribution is 2.10. The van der Waals surface area contributed by atoms with Gasteiger partial charge >= 0.3 is 0 Å². The van der Waals surface area contributed by atoms with Crippen molar-refractivity contribution in [3.05, 3.63) is 65.7 Å². The molecular formula is C17H16N2O2. The van der Waals surface area contributed by atoms with Crippen LogP contribution in [0.5, 0.6) is 0 Å². The van der Waals surface area contributed by atoms with Gasteiger partial charge in [-0.15, -0.1) is 0 Å². The third-order valence-corrected chi connectivity index (χ3v) is 2.79. The fourth-order valence-electron chi connectivity index (χ4n) is 1.66. The van der Waals surface area contributed by atoms with E-state index in [9.17, 15) is 4.79 Å². The fourth-order valence-corrected chi connectivity index (χ4v) is 1.66. The molecule has 0 heterocycles. The Morgan fingerprint density at radius 3 is 2.48 bits per heavy atom. The number of anilines is 1. The van der Waals surface area contributed by atoms with Crippen LogP contribution in [-0.2, 0) is 4.79 Å². The lowest BCUT2D eigenvalue weighted by molar-refractivity contribution is -0.118. The fraction of sp³-hybridized carbons (Fsp3) is 0.118. The molecule has 0 aliphatic carbocycles. The van der Waals surface area contributed by atoms with Crippen LogP contribution in [-0.4, -0.2) is 23.7 Å². The van der Waals surface area contributed by atoms with Crippen molar-refractivity contribution in [2.45, 2.75) is 6.04 Å². The normalized spacial score (nSPS) is 11.1. The summed E-state index contributed by atoms with van der Waals surface area (Å²) in [7, 11) is 0. The topological polar surface area (TPSA) is 75.3 Å². The molecule has 0 spiro atoms. The van der Waals surface area contributed by atoms with Crippen molar-refractivity contribution >= 4 is 11.6 Å². The maximum absolute atomic E-state index is 11.6. The van der Waals surface area contributed by atoms with Gasteiger partial charge < -0.3 is 16.2 Å². The quantitative estimate of drug-likeness (QED) is 0.743. The molecule has 0 unspecified atom stereocenters. The average Bonchev–Trinajstić information content (AvgIpc) is 2.53. The van der Waals surface area contributed by atoms with Crippen LogP contribution in [0.25, 0.3) is 0 Å². The van der Waals surface area contributed by atoms with Gasteiger partial charge in [0.15, 0.2) is 0 Å². The molecule has 0 radical (unpaired) electrons. The number of carbonyl (C=O) groups excluding carboxylic acids is 1. The van der Waals surface area contributed by atoms with Gasteiger partial charge in [-0.05, 0) is 30.3 Å². The Morgan fingerprint density at radius 1 is 1.10 bits per heavy atom. The van der Waals surface area contributed by atoms with E-state index in [2.05, 4.69) is 17.2 Å². The van der Waals surface area contributed by atoms with Crippen molar-refractivity contribution in [1.82, 2.24) is 0 Å². The zero-order valence-electron chi connectivity index (χ0n) is 11.4. The van der Waals surface area contributed by atoms with Gasteiger partial charge in [0.05, 0.1) is 6.61 Å². The van der Waals surface area contributed by atoms with Crippen LogP contribution in [0.2, 0.25) is 0 Å². The van der Waals surface area contributed by atoms with E-state index in [1.54, 1.807) is 18.2 Å². The van der Waals surface area contributed by atoms with Gasteiger partial charge in [0.2, 0.25) is 5.91 Å². The molecule has 4 N–H and O–H groups in total. The number of rotatable bonds is 3. The predicted molar refractivity (Wildman–Crippen MR) is 82.6 cm³/mol.